The molecule has 1 heterocycles. The van der Waals surface area contributed by atoms with Crippen molar-refractivity contribution in [1.82, 2.24) is 9.97 Å². The predicted octanol–water partition coefficient (Wildman–Crippen LogP) is 3.11. The number of hydrogen-bond acceptors (Lipinski definition) is 4. The zero-order chi connectivity index (χ0) is 13.9. The average Bonchev–Trinajstić information content (AvgIpc) is 2.39. The molecule has 19 heavy (non-hydrogen) atoms. The van der Waals surface area contributed by atoms with Gasteiger partial charge in [0.1, 0.15) is 0 Å². The molecule has 7 heteroatoms. The first-order valence-electron chi connectivity index (χ1n) is 5.36. The van der Waals surface area contributed by atoms with Crippen molar-refractivity contribution in [3.63, 3.8) is 0 Å². The zero-order valence-corrected chi connectivity index (χ0v) is 10.5. The number of alkyl halides is 3. The second-order valence-electron chi connectivity index (χ2n) is 3.67. The van der Waals surface area contributed by atoms with Gasteiger partial charge in [0.15, 0.2) is 5.16 Å². The molecular formula is C12H10F3N3S. The molecule has 3 nitrogen and oxygen atoms in total. The number of nitrogens with zero attached hydrogens (tertiary/aromatic N) is 2. The fourth-order valence-corrected chi connectivity index (χ4v) is 2.30. The molecule has 0 bridgehead atoms. The Labute approximate surface area is 112 Å². The average molecular weight is 285 g/mol. The van der Waals surface area contributed by atoms with Crippen molar-refractivity contribution in [2.75, 3.05) is 0 Å². The van der Waals surface area contributed by atoms with E-state index in [1.54, 1.807) is 12.1 Å². The van der Waals surface area contributed by atoms with Gasteiger partial charge in [0.05, 0.1) is 5.56 Å². The van der Waals surface area contributed by atoms with E-state index < -0.39 is 11.7 Å². The van der Waals surface area contributed by atoms with Gasteiger partial charge < -0.3 is 5.73 Å². The van der Waals surface area contributed by atoms with Gasteiger partial charge in [-0.05, 0) is 35.5 Å². The van der Waals surface area contributed by atoms with E-state index >= 15 is 0 Å². The highest BCUT2D eigenvalue weighted by Crippen LogP contribution is 2.38. The van der Waals surface area contributed by atoms with Gasteiger partial charge in [0.25, 0.3) is 0 Å². The molecule has 0 unspecified atom stereocenters. The van der Waals surface area contributed by atoms with Gasteiger partial charge in [0, 0.05) is 23.8 Å². The lowest BCUT2D eigenvalue weighted by molar-refractivity contribution is -0.139. The number of nitrogens with two attached hydrogens (primary N) is 1. The van der Waals surface area contributed by atoms with Crippen molar-refractivity contribution in [2.45, 2.75) is 22.8 Å². The molecule has 1 aromatic heterocycles. The molecule has 2 aromatic rings. The minimum Gasteiger partial charge on any atom is -0.326 e. The lowest BCUT2D eigenvalue weighted by Gasteiger charge is -2.13. The molecule has 0 radical (unpaired) electrons. The minimum atomic E-state index is -4.43. The number of hydrogen-bond donors (Lipinski definition) is 1. The molecule has 2 rings (SSSR count). The summed E-state index contributed by atoms with van der Waals surface area (Å²) in [5.74, 6) is 0. The van der Waals surface area contributed by atoms with Crippen LogP contribution in [0, 0.1) is 0 Å². The molecule has 0 fully saturated rings. The second kappa shape index (κ2) is 5.58. The first kappa shape index (κ1) is 13.8. The van der Waals surface area contributed by atoms with Crippen molar-refractivity contribution in [1.29, 1.82) is 0 Å². The maximum absolute atomic E-state index is 13.0. The van der Waals surface area contributed by atoms with E-state index in [1.165, 1.54) is 18.5 Å². The summed E-state index contributed by atoms with van der Waals surface area (Å²) in [5.41, 5.74) is 5.09. The van der Waals surface area contributed by atoms with Gasteiger partial charge >= 0.3 is 6.18 Å². The molecule has 0 aliphatic rings. The van der Waals surface area contributed by atoms with Crippen LogP contribution in [0.5, 0.6) is 0 Å². The van der Waals surface area contributed by atoms with Gasteiger partial charge in [-0.1, -0.05) is 6.07 Å². The quantitative estimate of drug-likeness (QED) is 0.880. The van der Waals surface area contributed by atoms with Crippen LogP contribution in [-0.2, 0) is 12.7 Å². The van der Waals surface area contributed by atoms with Gasteiger partial charge in [-0.2, -0.15) is 13.2 Å². The highest BCUT2D eigenvalue weighted by Gasteiger charge is 2.34. The lowest BCUT2D eigenvalue weighted by Crippen LogP contribution is -2.09. The monoisotopic (exact) mass is 285 g/mol. The maximum Gasteiger partial charge on any atom is 0.417 e. The number of rotatable bonds is 3. The molecule has 0 saturated carbocycles. The Balaban J connectivity index is 2.40. The summed E-state index contributed by atoms with van der Waals surface area (Å²) < 4.78 is 38.9. The van der Waals surface area contributed by atoms with Crippen LogP contribution in [0.1, 0.15) is 11.1 Å². The molecule has 0 amide bonds. The summed E-state index contributed by atoms with van der Waals surface area (Å²) in [6.07, 6.45) is -1.46. The van der Waals surface area contributed by atoms with Crippen LogP contribution in [-0.4, -0.2) is 9.97 Å². The molecule has 1 aromatic carbocycles. The molecule has 100 valence electrons. The smallest absolute Gasteiger partial charge is 0.326 e. The molecule has 0 saturated heterocycles. The van der Waals surface area contributed by atoms with Gasteiger partial charge in [-0.3, -0.25) is 0 Å². The third kappa shape index (κ3) is 3.45. The van der Waals surface area contributed by atoms with E-state index in [-0.39, 0.29) is 16.6 Å². The number of benzene rings is 1. The van der Waals surface area contributed by atoms with E-state index in [0.29, 0.717) is 5.56 Å². The Hall–Kier alpha value is -1.60. The normalized spacial score (nSPS) is 11.6. The summed E-state index contributed by atoms with van der Waals surface area (Å²) in [6.45, 7) is 0.0653. The van der Waals surface area contributed by atoms with Gasteiger partial charge in [-0.15, -0.1) is 0 Å². The van der Waals surface area contributed by atoms with Gasteiger partial charge in [0.2, 0.25) is 0 Å². The van der Waals surface area contributed by atoms with Crippen LogP contribution < -0.4 is 5.73 Å². The van der Waals surface area contributed by atoms with Crippen molar-refractivity contribution in [3.05, 3.63) is 47.8 Å². The molecule has 0 atom stereocenters. The number of aromatic nitrogens is 2. The van der Waals surface area contributed by atoms with Crippen molar-refractivity contribution in [2.24, 2.45) is 5.73 Å². The highest BCUT2D eigenvalue weighted by molar-refractivity contribution is 7.99. The fourth-order valence-electron chi connectivity index (χ4n) is 1.45. The summed E-state index contributed by atoms with van der Waals surface area (Å²) in [6, 6.07) is 5.63. The second-order valence-corrected chi connectivity index (χ2v) is 4.67. The van der Waals surface area contributed by atoms with Crippen molar-refractivity contribution < 1.29 is 13.2 Å². The van der Waals surface area contributed by atoms with E-state index in [4.69, 9.17) is 5.73 Å². The third-order valence-corrected chi connectivity index (χ3v) is 3.30. The lowest BCUT2D eigenvalue weighted by atomic mass is 10.1. The van der Waals surface area contributed by atoms with Crippen LogP contribution >= 0.6 is 11.8 Å². The van der Waals surface area contributed by atoms with Crippen LogP contribution in [0.4, 0.5) is 13.2 Å². The fraction of sp³-hybridized carbons (Fsp3) is 0.167. The first-order chi connectivity index (χ1) is 9.00. The molecule has 2 N–H and O–H groups in total. The largest absolute Gasteiger partial charge is 0.417 e. The number of halogens is 3. The van der Waals surface area contributed by atoms with E-state index in [0.717, 1.165) is 17.8 Å². The molecule has 0 aliphatic heterocycles. The van der Waals surface area contributed by atoms with Crippen LogP contribution in [0.2, 0.25) is 0 Å². The summed E-state index contributed by atoms with van der Waals surface area (Å²) >= 11 is 0.877. The first-order valence-corrected chi connectivity index (χ1v) is 6.17. The van der Waals surface area contributed by atoms with E-state index in [9.17, 15) is 13.2 Å². The SMILES string of the molecule is NCc1ccc(Sc2ncccn2)c(C(F)(F)F)c1. The van der Waals surface area contributed by atoms with Crippen LogP contribution in [0.3, 0.4) is 0 Å². The van der Waals surface area contributed by atoms with E-state index in [2.05, 4.69) is 9.97 Å². The Morgan fingerprint density at radius 3 is 2.42 bits per heavy atom. The van der Waals surface area contributed by atoms with Crippen LogP contribution in [0.25, 0.3) is 0 Å². The Morgan fingerprint density at radius 1 is 1.16 bits per heavy atom. The third-order valence-electron chi connectivity index (χ3n) is 2.33. The summed E-state index contributed by atoms with van der Waals surface area (Å²) in [5, 5.41) is 0.272. The minimum absolute atomic E-state index is 0.0653. The summed E-state index contributed by atoms with van der Waals surface area (Å²) in [4.78, 5) is 7.86. The highest BCUT2D eigenvalue weighted by atomic mass is 32.2. The van der Waals surface area contributed by atoms with Crippen molar-refractivity contribution >= 4 is 11.8 Å². The Kier molecular flexibility index (Phi) is 4.06. The molecule has 0 spiro atoms. The maximum atomic E-state index is 13.0. The predicted molar refractivity (Wildman–Crippen MR) is 65.5 cm³/mol. The van der Waals surface area contributed by atoms with E-state index in [1.807, 2.05) is 0 Å². The molecular weight excluding hydrogens is 275 g/mol. The standard InChI is InChI=1S/C12H10F3N3S/c13-12(14,15)9-6-8(7-16)2-3-10(9)19-11-17-4-1-5-18-11/h1-6H,7,16H2. The zero-order valence-electron chi connectivity index (χ0n) is 9.69. The Bertz CT molecular complexity index is 558. The van der Waals surface area contributed by atoms with Gasteiger partial charge in [-0.25, -0.2) is 9.97 Å². The topological polar surface area (TPSA) is 51.8 Å². The summed E-state index contributed by atoms with van der Waals surface area (Å²) in [7, 11) is 0. The molecule has 0 aliphatic carbocycles. The van der Waals surface area contributed by atoms with Crippen molar-refractivity contribution in [3.8, 4) is 0 Å². The van der Waals surface area contributed by atoms with Crippen LogP contribution in [0.15, 0.2) is 46.7 Å². The Morgan fingerprint density at radius 2 is 1.84 bits per heavy atom.